The molecule has 1 saturated carbocycles. The summed E-state index contributed by atoms with van der Waals surface area (Å²) >= 11 is 0. The Bertz CT molecular complexity index is 141. The zero-order chi connectivity index (χ0) is 8.81. The fraction of sp³-hybridized carbons (Fsp3) is 0.889. The Morgan fingerprint density at radius 2 is 2.00 bits per heavy atom. The molecule has 0 aliphatic heterocycles. The molecule has 0 unspecified atom stereocenters. The molecule has 70 valence electrons. The summed E-state index contributed by atoms with van der Waals surface area (Å²) in [6, 6.07) is 0. The van der Waals surface area contributed by atoms with Crippen molar-refractivity contribution < 1.29 is 9.53 Å². The summed E-state index contributed by atoms with van der Waals surface area (Å²) in [6.45, 7) is 0.791. The van der Waals surface area contributed by atoms with Gasteiger partial charge in [-0.15, -0.1) is 0 Å². The average Bonchev–Trinajstić information content (AvgIpc) is 2.05. The first kappa shape index (κ1) is 9.52. The first-order valence-corrected chi connectivity index (χ1v) is 4.65. The van der Waals surface area contributed by atoms with Crippen LogP contribution in [0.15, 0.2) is 0 Å². The van der Waals surface area contributed by atoms with E-state index in [1.54, 1.807) is 0 Å². The molecule has 0 spiro atoms. The molecule has 0 aromatic heterocycles. The smallest absolute Gasteiger partial charge is 0.243 e. The number of amides is 1. The Morgan fingerprint density at radius 1 is 1.33 bits per heavy atom. The molecule has 1 fully saturated rings. The van der Waals surface area contributed by atoms with Crippen LogP contribution in [-0.2, 0) is 9.53 Å². The van der Waals surface area contributed by atoms with Crippen molar-refractivity contribution in [3.05, 3.63) is 0 Å². The third kappa shape index (κ3) is 3.72. The topological polar surface area (TPSA) is 52.3 Å². The van der Waals surface area contributed by atoms with Gasteiger partial charge < -0.3 is 10.5 Å². The van der Waals surface area contributed by atoms with Gasteiger partial charge in [0, 0.05) is 0 Å². The van der Waals surface area contributed by atoms with Crippen LogP contribution in [0.4, 0.5) is 0 Å². The van der Waals surface area contributed by atoms with Crippen LogP contribution >= 0.6 is 0 Å². The molecule has 0 aromatic rings. The third-order valence-electron chi connectivity index (χ3n) is 2.32. The van der Waals surface area contributed by atoms with Crippen molar-refractivity contribution in [3.8, 4) is 0 Å². The van der Waals surface area contributed by atoms with E-state index in [0.717, 1.165) is 0 Å². The number of primary amides is 1. The summed E-state index contributed by atoms with van der Waals surface area (Å²) in [4.78, 5) is 10.3. The number of carbonyl (C=O) groups excluding carboxylic acids is 1. The molecule has 1 aliphatic rings. The highest BCUT2D eigenvalue weighted by Gasteiger charge is 2.13. The maximum Gasteiger partial charge on any atom is 0.243 e. The monoisotopic (exact) mass is 171 g/mol. The van der Waals surface area contributed by atoms with Gasteiger partial charge in [0.2, 0.25) is 5.91 Å². The molecule has 0 radical (unpaired) electrons. The van der Waals surface area contributed by atoms with E-state index in [-0.39, 0.29) is 12.5 Å². The Kier molecular flexibility index (Phi) is 4.08. The van der Waals surface area contributed by atoms with Gasteiger partial charge in [-0.25, -0.2) is 0 Å². The molecular formula is C9H17NO2. The van der Waals surface area contributed by atoms with E-state index in [0.29, 0.717) is 12.5 Å². The predicted molar refractivity (Wildman–Crippen MR) is 46.6 cm³/mol. The minimum Gasteiger partial charge on any atom is -0.371 e. The number of ether oxygens (including phenoxy) is 1. The number of rotatable bonds is 4. The first-order chi connectivity index (χ1) is 5.79. The van der Waals surface area contributed by atoms with Crippen molar-refractivity contribution in [2.45, 2.75) is 32.1 Å². The molecule has 1 rings (SSSR count). The average molecular weight is 171 g/mol. The lowest BCUT2D eigenvalue weighted by molar-refractivity contribution is -0.123. The highest BCUT2D eigenvalue weighted by atomic mass is 16.5. The Hall–Kier alpha value is -0.570. The minimum atomic E-state index is -0.370. The summed E-state index contributed by atoms with van der Waals surface area (Å²) < 4.78 is 5.16. The van der Waals surface area contributed by atoms with E-state index >= 15 is 0 Å². The molecular weight excluding hydrogens is 154 g/mol. The van der Waals surface area contributed by atoms with Crippen LogP contribution in [0.2, 0.25) is 0 Å². The Morgan fingerprint density at radius 3 is 2.58 bits per heavy atom. The predicted octanol–water partition coefficient (Wildman–Crippen LogP) is 1.07. The normalized spacial score (nSPS) is 19.3. The Balaban J connectivity index is 2.01. The first-order valence-electron chi connectivity index (χ1n) is 4.65. The number of hydrogen-bond donors (Lipinski definition) is 1. The highest BCUT2D eigenvalue weighted by molar-refractivity contribution is 5.74. The lowest BCUT2D eigenvalue weighted by Crippen LogP contribution is -2.21. The second kappa shape index (κ2) is 5.14. The molecule has 3 heteroatoms. The highest BCUT2D eigenvalue weighted by Crippen LogP contribution is 2.23. The van der Waals surface area contributed by atoms with Gasteiger partial charge in [-0.1, -0.05) is 19.3 Å². The SMILES string of the molecule is NC(=O)COCC1CCCCC1. The molecule has 0 bridgehead atoms. The van der Waals surface area contributed by atoms with Crippen molar-refractivity contribution >= 4 is 5.91 Å². The standard InChI is InChI=1S/C9H17NO2/c10-9(11)7-12-6-8-4-2-1-3-5-8/h8H,1-7H2,(H2,10,11). The molecule has 0 heterocycles. The molecule has 3 nitrogen and oxygen atoms in total. The van der Waals surface area contributed by atoms with Gasteiger partial charge in [0.05, 0.1) is 6.61 Å². The van der Waals surface area contributed by atoms with Crippen molar-refractivity contribution in [2.75, 3.05) is 13.2 Å². The summed E-state index contributed by atoms with van der Waals surface area (Å²) in [5, 5.41) is 0. The largest absolute Gasteiger partial charge is 0.371 e. The van der Waals surface area contributed by atoms with Gasteiger partial charge >= 0.3 is 0 Å². The molecule has 12 heavy (non-hydrogen) atoms. The van der Waals surface area contributed by atoms with Crippen LogP contribution in [0, 0.1) is 5.92 Å². The van der Waals surface area contributed by atoms with Crippen molar-refractivity contribution in [1.29, 1.82) is 0 Å². The van der Waals surface area contributed by atoms with Crippen LogP contribution in [0.5, 0.6) is 0 Å². The van der Waals surface area contributed by atoms with Gasteiger partial charge in [0.1, 0.15) is 6.61 Å². The third-order valence-corrected chi connectivity index (χ3v) is 2.32. The van der Waals surface area contributed by atoms with E-state index in [9.17, 15) is 4.79 Å². The second-order valence-electron chi connectivity index (χ2n) is 3.49. The molecule has 2 N–H and O–H groups in total. The molecule has 1 aliphatic carbocycles. The minimum absolute atomic E-state index is 0.0799. The van der Waals surface area contributed by atoms with Crippen molar-refractivity contribution in [1.82, 2.24) is 0 Å². The van der Waals surface area contributed by atoms with Crippen LogP contribution in [0.1, 0.15) is 32.1 Å². The molecule has 0 aromatic carbocycles. The lowest BCUT2D eigenvalue weighted by Gasteiger charge is -2.20. The van der Waals surface area contributed by atoms with E-state index in [4.69, 9.17) is 10.5 Å². The van der Waals surface area contributed by atoms with Crippen LogP contribution in [-0.4, -0.2) is 19.1 Å². The second-order valence-corrected chi connectivity index (χ2v) is 3.49. The number of carbonyl (C=O) groups is 1. The fourth-order valence-electron chi connectivity index (χ4n) is 1.68. The van der Waals surface area contributed by atoms with Gasteiger partial charge in [-0.05, 0) is 18.8 Å². The Labute approximate surface area is 73.3 Å². The summed E-state index contributed by atoms with van der Waals surface area (Å²) in [7, 11) is 0. The number of hydrogen-bond acceptors (Lipinski definition) is 2. The zero-order valence-electron chi connectivity index (χ0n) is 7.42. The fourth-order valence-corrected chi connectivity index (χ4v) is 1.68. The van der Waals surface area contributed by atoms with Crippen molar-refractivity contribution in [3.63, 3.8) is 0 Å². The van der Waals surface area contributed by atoms with E-state index in [2.05, 4.69) is 0 Å². The van der Waals surface area contributed by atoms with Gasteiger partial charge in [-0.3, -0.25) is 4.79 Å². The van der Waals surface area contributed by atoms with E-state index < -0.39 is 0 Å². The quantitative estimate of drug-likeness (QED) is 0.687. The van der Waals surface area contributed by atoms with Gasteiger partial charge in [0.25, 0.3) is 0 Å². The van der Waals surface area contributed by atoms with Crippen LogP contribution in [0.25, 0.3) is 0 Å². The summed E-state index contributed by atoms with van der Waals surface area (Å²) in [5.41, 5.74) is 4.94. The lowest BCUT2D eigenvalue weighted by atomic mass is 9.90. The van der Waals surface area contributed by atoms with Gasteiger partial charge in [0.15, 0.2) is 0 Å². The maximum atomic E-state index is 10.3. The summed E-state index contributed by atoms with van der Waals surface area (Å²) in [6.07, 6.45) is 6.47. The zero-order valence-corrected chi connectivity index (χ0v) is 7.42. The molecule has 0 atom stereocenters. The van der Waals surface area contributed by atoms with Crippen molar-refractivity contribution in [2.24, 2.45) is 11.7 Å². The maximum absolute atomic E-state index is 10.3. The van der Waals surface area contributed by atoms with Crippen LogP contribution < -0.4 is 5.73 Å². The van der Waals surface area contributed by atoms with Gasteiger partial charge in [-0.2, -0.15) is 0 Å². The van der Waals surface area contributed by atoms with Crippen LogP contribution in [0.3, 0.4) is 0 Å². The summed E-state index contributed by atoms with van der Waals surface area (Å²) in [5.74, 6) is 0.295. The van der Waals surface area contributed by atoms with E-state index in [1.807, 2.05) is 0 Å². The van der Waals surface area contributed by atoms with E-state index in [1.165, 1.54) is 32.1 Å². The molecule has 0 saturated heterocycles. The number of nitrogens with two attached hydrogens (primary N) is 1. The molecule has 1 amide bonds.